The van der Waals surface area contributed by atoms with Gasteiger partial charge in [-0.2, -0.15) is 0 Å². The lowest BCUT2D eigenvalue weighted by molar-refractivity contribution is 0.0882. The predicted molar refractivity (Wildman–Crippen MR) is 128 cm³/mol. The second-order valence-electron chi connectivity index (χ2n) is 9.18. The number of aromatic amines is 1. The first-order valence-electron chi connectivity index (χ1n) is 12.3. The molecular formula is C25H28N6O5. The van der Waals surface area contributed by atoms with E-state index in [1.165, 1.54) is 0 Å². The highest BCUT2D eigenvalue weighted by molar-refractivity contribution is 5.83. The Bertz CT molecular complexity index is 1390. The first kappa shape index (κ1) is 22.7. The molecule has 0 aliphatic carbocycles. The van der Waals surface area contributed by atoms with Crippen molar-refractivity contribution in [2.24, 2.45) is 0 Å². The van der Waals surface area contributed by atoms with Crippen molar-refractivity contribution in [3.63, 3.8) is 0 Å². The van der Waals surface area contributed by atoms with E-state index in [2.05, 4.69) is 32.3 Å². The average Bonchev–Trinajstić information content (AvgIpc) is 3.68. The maximum Gasteiger partial charge on any atom is 0.252 e. The summed E-state index contributed by atoms with van der Waals surface area (Å²) in [5, 5.41) is 13.5. The molecule has 36 heavy (non-hydrogen) atoms. The maximum absolute atomic E-state index is 13.1. The van der Waals surface area contributed by atoms with Crippen LogP contribution in [0.2, 0.25) is 0 Å². The molecule has 3 aromatic heterocycles. The summed E-state index contributed by atoms with van der Waals surface area (Å²) >= 11 is 0. The fourth-order valence-corrected chi connectivity index (χ4v) is 5.02. The zero-order chi connectivity index (χ0) is 24.5. The van der Waals surface area contributed by atoms with E-state index in [0.717, 1.165) is 42.8 Å². The minimum absolute atomic E-state index is 0.111. The van der Waals surface area contributed by atoms with Gasteiger partial charge in [0, 0.05) is 30.2 Å². The molecule has 0 bridgehead atoms. The molecule has 0 saturated carbocycles. The highest BCUT2D eigenvalue weighted by atomic mass is 16.7. The van der Waals surface area contributed by atoms with Crippen LogP contribution >= 0.6 is 0 Å². The van der Waals surface area contributed by atoms with Gasteiger partial charge in [0.05, 0.1) is 37.0 Å². The van der Waals surface area contributed by atoms with Crippen molar-refractivity contribution in [3.8, 4) is 11.5 Å². The van der Waals surface area contributed by atoms with Gasteiger partial charge < -0.3 is 23.6 Å². The molecule has 0 spiro atoms. The van der Waals surface area contributed by atoms with E-state index in [1.807, 2.05) is 28.9 Å². The lowest BCUT2D eigenvalue weighted by Gasteiger charge is -2.29. The summed E-state index contributed by atoms with van der Waals surface area (Å²) in [6.45, 7) is 4.53. The van der Waals surface area contributed by atoms with Crippen LogP contribution in [0.5, 0.6) is 11.5 Å². The van der Waals surface area contributed by atoms with Crippen LogP contribution in [0, 0.1) is 0 Å². The molecule has 188 valence electrons. The van der Waals surface area contributed by atoms with Crippen molar-refractivity contribution in [1.82, 2.24) is 30.1 Å². The van der Waals surface area contributed by atoms with Gasteiger partial charge in [-0.15, -0.1) is 5.10 Å². The number of ether oxygens (including phenoxy) is 3. The highest BCUT2D eigenvalue weighted by Crippen LogP contribution is 2.35. The van der Waals surface area contributed by atoms with Crippen LogP contribution in [0.3, 0.4) is 0 Å². The third-order valence-corrected chi connectivity index (χ3v) is 6.81. The summed E-state index contributed by atoms with van der Waals surface area (Å²) in [6, 6.07) is 9.26. The summed E-state index contributed by atoms with van der Waals surface area (Å²) < 4.78 is 24.3. The number of H-pyrrole nitrogens is 1. The minimum Gasteiger partial charge on any atom is -0.468 e. The van der Waals surface area contributed by atoms with Crippen LogP contribution in [0.1, 0.15) is 49.4 Å². The van der Waals surface area contributed by atoms with Crippen LogP contribution in [0.25, 0.3) is 10.9 Å². The fraction of sp³-hybridized carbons (Fsp3) is 0.440. The van der Waals surface area contributed by atoms with Gasteiger partial charge >= 0.3 is 0 Å². The molecule has 1 saturated heterocycles. The number of rotatable bonds is 9. The second-order valence-corrected chi connectivity index (χ2v) is 9.18. The Balaban J connectivity index is 1.34. The normalized spacial score (nSPS) is 17.9. The number of aromatic nitrogens is 5. The van der Waals surface area contributed by atoms with Gasteiger partial charge in [-0.25, -0.2) is 4.68 Å². The van der Waals surface area contributed by atoms with Crippen molar-refractivity contribution >= 4 is 10.9 Å². The minimum atomic E-state index is -0.153. The van der Waals surface area contributed by atoms with Gasteiger partial charge in [0.2, 0.25) is 6.79 Å². The topological polar surface area (TPSA) is 121 Å². The third-order valence-electron chi connectivity index (χ3n) is 6.81. The lowest BCUT2D eigenvalue weighted by Crippen LogP contribution is -2.33. The molecule has 1 aromatic carbocycles. The summed E-state index contributed by atoms with van der Waals surface area (Å²) in [5.41, 5.74) is 1.18. The molecule has 4 aromatic rings. The third kappa shape index (κ3) is 4.47. The van der Waals surface area contributed by atoms with Crippen LogP contribution in [-0.2, 0) is 24.4 Å². The van der Waals surface area contributed by atoms with Gasteiger partial charge in [0.15, 0.2) is 17.3 Å². The van der Waals surface area contributed by atoms with Crippen molar-refractivity contribution < 1.29 is 18.6 Å². The monoisotopic (exact) mass is 492 g/mol. The van der Waals surface area contributed by atoms with E-state index < -0.39 is 0 Å². The molecule has 2 aliphatic heterocycles. The number of nitrogens with zero attached hydrogens (tertiary/aromatic N) is 5. The number of pyridine rings is 1. The summed E-state index contributed by atoms with van der Waals surface area (Å²) in [7, 11) is 0. The Hall–Kier alpha value is -3.70. The summed E-state index contributed by atoms with van der Waals surface area (Å²) in [4.78, 5) is 18.3. The van der Waals surface area contributed by atoms with Crippen molar-refractivity contribution in [1.29, 1.82) is 0 Å². The summed E-state index contributed by atoms with van der Waals surface area (Å²) in [5.74, 6) is 2.86. The number of hydrogen-bond donors (Lipinski definition) is 1. The van der Waals surface area contributed by atoms with Crippen molar-refractivity contribution in [2.75, 3.05) is 13.4 Å². The molecule has 1 fully saturated rings. The molecule has 2 unspecified atom stereocenters. The molecule has 11 heteroatoms. The second kappa shape index (κ2) is 9.75. The molecule has 0 radical (unpaired) electrons. The zero-order valence-electron chi connectivity index (χ0n) is 20.1. The van der Waals surface area contributed by atoms with Crippen molar-refractivity contribution in [3.05, 3.63) is 64.1 Å². The van der Waals surface area contributed by atoms with Crippen LogP contribution < -0.4 is 15.0 Å². The lowest BCUT2D eigenvalue weighted by atomic mass is 10.1. The Labute approximate surface area is 206 Å². The molecule has 11 nitrogen and oxygen atoms in total. The van der Waals surface area contributed by atoms with Crippen molar-refractivity contribution in [2.45, 2.75) is 58.0 Å². The zero-order valence-corrected chi connectivity index (χ0v) is 20.1. The molecular weight excluding hydrogens is 464 g/mol. The van der Waals surface area contributed by atoms with E-state index in [-0.39, 0.29) is 24.5 Å². The van der Waals surface area contributed by atoms with Crippen LogP contribution in [0.15, 0.2) is 45.8 Å². The maximum atomic E-state index is 13.1. The first-order chi connectivity index (χ1) is 17.7. The quantitative estimate of drug-likeness (QED) is 0.375. The Morgan fingerprint density at radius 1 is 1.22 bits per heavy atom. The van der Waals surface area contributed by atoms with E-state index in [9.17, 15) is 4.79 Å². The molecule has 2 atom stereocenters. The van der Waals surface area contributed by atoms with Crippen LogP contribution in [0.4, 0.5) is 0 Å². The standard InChI is InChI=1S/C25H28N6O5/c1-2-21(24-27-28-29-31(24)14-19-6-4-8-34-19)30(13-18-5-3-7-33-18)12-17-9-16-10-22-23(36-15-35-22)11-20(16)26-25(17)32/h3,5,7,9-11,19,21H,2,4,6,8,12-15H2,1H3,(H,26,32). The number of hydrogen-bond acceptors (Lipinski definition) is 9. The molecule has 2 aliphatic rings. The average molecular weight is 493 g/mol. The highest BCUT2D eigenvalue weighted by Gasteiger charge is 2.28. The number of tetrazole rings is 1. The molecule has 5 heterocycles. The summed E-state index contributed by atoms with van der Waals surface area (Å²) in [6.07, 6.45) is 4.56. The molecule has 0 amide bonds. The van der Waals surface area contributed by atoms with Gasteiger partial charge in [-0.1, -0.05) is 6.92 Å². The van der Waals surface area contributed by atoms with Gasteiger partial charge in [-0.3, -0.25) is 9.69 Å². The fourth-order valence-electron chi connectivity index (χ4n) is 5.02. The first-order valence-corrected chi connectivity index (χ1v) is 12.3. The van der Waals surface area contributed by atoms with Gasteiger partial charge in [0.1, 0.15) is 5.76 Å². The Kier molecular flexibility index (Phi) is 6.16. The predicted octanol–water partition coefficient (Wildman–Crippen LogP) is 3.17. The Morgan fingerprint density at radius 3 is 2.89 bits per heavy atom. The molecule has 1 N–H and O–H groups in total. The van der Waals surface area contributed by atoms with Crippen LogP contribution in [-0.4, -0.2) is 49.6 Å². The largest absolute Gasteiger partial charge is 0.468 e. The van der Waals surface area contributed by atoms with E-state index >= 15 is 0 Å². The SMILES string of the molecule is CCC(c1nnnn1CC1CCCO1)N(Cc1ccco1)Cc1cc2cc3c(cc2[nH]c1=O)OCO3. The number of fused-ring (bicyclic) bond motifs is 2. The number of benzene rings is 1. The number of nitrogens with one attached hydrogen (secondary N) is 1. The van der Waals surface area contributed by atoms with E-state index in [1.54, 1.807) is 12.3 Å². The van der Waals surface area contributed by atoms with Gasteiger partial charge in [-0.05, 0) is 54.0 Å². The number of furan rings is 1. The van der Waals surface area contributed by atoms with E-state index in [4.69, 9.17) is 18.6 Å². The van der Waals surface area contributed by atoms with E-state index in [0.29, 0.717) is 42.2 Å². The smallest absolute Gasteiger partial charge is 0.252 e. The Morgan fingerprint density at radius 2 is 2.11 bits per heavy atom. The van der Waals surface area contributed by atoms with Gasteiger partial charge in [0.25, 0.3) is 5.56 Å². The molecule has 6 rings (SSSR count).